The third kappa shape index (κ3) is 2.47. The van der Waals surface area contributed by atoms with Crippen LogP contribution in [0.1, 0.15) is 55.3 Å². The zero-order valence-electron chi connectivity index (χ0n) is 12.4. The number of para-hydroxylation sites is 1. The van der Waals surface area contributed by atoms with Crippen LogP contribution in [0.4, 0.5) is 0 Å². The molecule has 21 heavy (non-hydrogen) atoms. The molecular formula is C17H22O4. The lowest BCUT2D eigenvalue weighted by Crippen LogP contribution is -2.49. The Bertz CT molecular complexity index is 532. The summed E-state index contributed by atoms with van der Waals surface area (Å²) in [6, 6.07) is 5.02. The van der Waals surface area contributed by atoms with Gasteiger partial charge >= 0.3 is 5.97 Å². The predicted octanol–water partition coefficient (Wildman–Crippen LogP) is 3.89. The van der Waals surface area contributed by atoms with Crippen molar-refractivity contribution in [2.45, 2.75) is 51.0 Å². The summed E-state index contributed by atoms with van der Waals surface area (Å²) in [6.07, 6.45) is 8.59. The smallest absolute Gasteiger partial charge is 0.339 e. The van der Waals surface area contributed by atoms with Crippen molar-refractivity contribution in [2.75, 3.05) is 7.11 Å². The molecule has 2 aliphatic carbocycles. The standard InChI is InChI=1S/C17H22O4/c1-20-13-7-5-6-12(16(18)19)15(13)21-14-8-11-17(14)9-3-2-4-10-17/h5-7,14H,2-4,8-11H2,1H3,(H,18,19). The van der Waals surface area contributed by atoms with Crippen molar-refractivity contribution in [1.82, 2.24) is 0 Å². The molecule has 0 bridgehead atoms. The van der Waals surface area contributed by atoms with E-state index in [1.54, 1.807) is 25.3 Å². The van der Waals surface area contributed by atoms with Gasteiger partial charge in [0.15, 0.2) is 11.5 Å². The quantitative estimate of drug-likeness (QED) is 0.914. The number of carboxylic acid groups (broad SMARTS) is 1. The van der Waals surface area contributed by atoms with Gasteiger partial charge in [0.05, 0.1) is 7.11 Å². The molecule has 4 nitrogen and oxygen atoms in total. The number of hydrogen-bond acceptors (Lipinski definition) is 3. The van der Waals surface area contributed by atoms with E-state index in [1.807, 2.05) is 0 Å². The van der Waals surface area contributed by atoms with Crippen LogP contribution in [0.15, 0.2) is 18.2 Å². The normalized spacial score (nSPS) is 23.4. The first-order valence-corrected chi connectivity index (χ1v) is 7.73. The minimum Gasteiger partial charge on any atom is -0.493 e. The van der Waals surface area contributed by atoms with E-state index < -0.39 is 5.97 Å². The zero-order chi connectivity index (χ0) is 14.9. The van der Waals surface area contributed by atoms with Crippen molar-refractivity contribution in [1.29, 1.82) is 0 Å². The van der Waals surface area contributed by atoms with E-state index in [9.17, 15) is 9.90 Å². The van der Waals surface area contributed by atoms with E-state index in [2.05, 4.69) is 0 Å². The van der Waals surface area contributed by atoms with Crippen LogP contribution >= 0.6 is 0 Å². The summed E-state index contributed by atoms with van der Waals surface area (Å²) in [5, 5.41) is 9.36. The Morgan fingerprint density at radius 3 is 2.57 bits per heavy atom. The SMILES string of the molecule is COc1cccc(C(=O)O)c1OC1CCC12CCCCC2. The Morgan fingerprint density at radius 2 is 2.00 bits per heavy atom. The molecule has 0 heterocycles. The summed E-state index contributed by atoms with van der Waals surface area (Å²) in [6.45, 7) is 0. The number of aromatic carboxylic acids is 1. The van der Waals surface area contributed by atoms with Crippen LogP contribution in [0.25, 0.3) is 0 Å². The second kappa shape index (κ2) is 5.58. The molecule has 1 aromatic rings. The second-order valence-electron chi connectivity index (χ2n) is 6.21. The predicted molar refractivity (Wildman–Crippen MR) is 79.1 cm³/mol. The first-order valence-electron chi connectivity index (χ1n) is 7.73. The molecule has 1 aromatic carbocycles. The number of ether oxygens (including phenoxy) is 2. The number of benzene rings is 1. The molecule has 3 rings (SSSR count). The van der Waals surface area contributed by atoms with Crippen LogP contribution in [0.3, 0.4) is 0 Å². The van der Waals surface area contributed by atoms with Gasteiger partial charge in [0.25, 0.3) is 0 Å². The summed E-state index contributed by atoms with van der Waals surface area (Å²) in [5.74, 6) is -0.0733. The highest BCUT2D eigenvalue weighted by atomic mass is 16.5. The lowest BCUT2D eigenvalue weighted by Gasteiger charge is -2.51. The second-order valence-corrected chi connectivity index (χ2v) is 6.21. The minimum atomic E-state index is -0.971. The van der Waals surface area contributed by atoms with Gasteiger partial charge in [-0.15, -0.1) is 0 Å². The molecule has 0 amide bonds. The lowest BCUT2D eigenvalue weighted by atomic mass is 9.58. The van der Waals surface area contributed by atoms with Crippen molar-refractivity contribution in [3.63, 3.8) is 0 Å². The Kier molecular flexibility index (Phi) is 3.79. The van der Waals surface area contributed by atoms with Gasteiger partial charge in [0.1, 0.15) is 11.7 Å². The third-order valence-corrected chi connectivity index (χ3v) is 5.13. The molecule has 0 saturated heterocycles. The van der Waals surface area contributed by atoms with Gasteiger partial charge in [0, 0.05) is 5.41 Å². The highest BCUT2D eigenvalue weighted by Gasteiger charge is 2.49. The van der Waals surface area contributed by atoms with Crippen molar-refractivity contribution < 1.29 is 19.4 Å². The van der Waals surface area contributed by atoms with Gasteiger partial charge in [-0.05, 0) is 37.8 Å². The summed E-state index contributed by atoms with van der Waals surface area (Å²) in [7, 11) is 1.55. The molecule has 2 aliphatic rings. The van der Waals surface area contributed by atoms with Gasteiger partial charge in [-0.25, -0.2) is 4.79 Å². The Balaban J connectivity index is 1.86. The molecule has 1 unspecified atom stereocenters. The third-order valence-electron chi connectivity index (χ3n) is 5.13. The van der Waals surface area contributed by atoms with Crippen LogP contribution in [0.2, 0.25) is 0 Å². The maximum atomic E-state index is 11.4. The molecule has 0 aliphatic heterocycles. The average Bonchev–Trinajstić information content (AvgIpc) is 2.51. The van der Waals surface area contributed by atoms with Gasteiger partial charge < -0.3 is 14.6 Å². The van der Waals surface area contributed by atoms with Crippen LogP contribution in [0, 0.1) is 5.41 Å². The summed E-state index contributed by atoms with van der Waals surface area (Å²) < 4.78 is 11.4. The number of rotatable bonds is 4. The van der Waals surface area contributed by atoms with E-state index in [1.165, 1.54) is 38.5 Å². The van der Waals surface area contributed by atoms with Crippen molar-refractivity contribution in [3.8, 4) is 11.5 Å². The fraction of sp³-hybridized carbons (Fsp3) is 0.588. The fourth-order valence-corrected chi connectivity index (χ4v) is 3.79. The number of carbonyl (C=O) groups is 1. The zero-order valence-corrected chi connectivity index (χ0v) is 12.4. The topological polar surface area (TPSA) is 55.8 Å². The average molecular weight is 290 g/mol. The summed E-state index contributed by atoms with van der Waals surface area (Å²) in [4.78, 5) is 11.4. The molecule has 0 aromatic heterocycles. The number of methoxy groups -OCH3 is 1. The number of carboxylic acids is 1. The molecule has 4 heteroatoms. The molecule has 1 N–H and O–H groups in total. The highest BCUT2D eigenvalue weighted by molar-refractivity contribution is 5.92. The largest absolute Gasteiger partial charge is 0.493 e. The lowest BCUT2D eigenvalue weighted by molar-refractivity contribution is -0.0715. The molecule has 1 atom stereocenters. The van der Waals surface area contributed by atoms with E-state index >= 15 is 0 Å². The Morgan fingerprint density at radius 1 is 1.24 bits per heavy atom. The Hall–Kier alpha value is -1.71. The molecule has 2 saturated carbocycles. The monoisotopic (exact) mass is 290 g/mol. The molecule has 2 fully saturated rings. The van der Waals surface area contributed by atoms with Gasteiger partial charge in [-0.3, -0.25) is 0 Å². The maximum Gasteiger partial charge on any atom is 0.339 e. The van der Waals surface area contributed by atoms with Crippen molar-refractivity contribution in [2.24, 2.45) is 5.41 Å². The van der Waals surface area contributed by atoms with E-state index in [-0.39, 0.29) is 17.1 Å². The first kappa shape index (κ1) is 14.2. The highest BCUT2D eigenvalue weighted by Crippen LogP contribution is 2.53. The van der Waals surface area contributed by atoms with E-state index in [4.69, 9.17) is 9.47 Å². The minimum absolute atomic E-state index is 0.132. The van der Waals surface area contributed by atoms with Crippen molar-refractivity contribution >= 4 is 5.97 Å². The van der Waals surface area contributed by atoms with Gasteiger partial charge in [-0.1, -0.05) is 25.3 Å². The van der Waals surface area contributed by atoms with Gasteiger partial charge in [0.2, 0.25) is 0 Å². The van der Waals surface area contributed by atoms with Crippen molar-refractivity contribution in [3.05, 3.63) is 23.8 Å². The Labute approximate surface area is 125 Å². The van der Waals surface area contributed by atoms with E-state index in [0.29, 0.717) is 11.5 Å². The molecule has 0 radical (unpaired) electrons. The van der Waals surface area contributed by atoms with Crippen LogP contribution in [-0.4, -0.2) is 24.3 Å². The first-order chi connectivity index (χ1) is 10.2. The molecule has 114 valence electrons. The maximum absolute atomic E-state index is 11.4. The van der Waals surface area contributed by atoms with Crippen LogP contribution in [-0.2, 0) is 0 Å². The number of hydrogen-bond donors (Lipinski definition) is 1. The summed E-state index contributed by atoms with van der Waals surface area (Å²) in [5.41, 5.74) is 0.460. The molecular weight excluding hydrogens is 268 g/mol. The summed E-state index contributed by atoms with van der Waals surface area (Å²) >= 11 is 0. The molecule has 1 spiro atoms. The van der Waals surface area contributed by atoms with Crippen LogP contribution in [0.5, 0.6) is 11.5 Å². The van der Waals surface area contributed by atoms with Gasteiger partial charge in [-0.2, -0.15) is 0 Å². The fourth-order valence-electron chi connectivity index (χ4n) is 3.79. The van der Waals surface area contributed by atoms with E-state index in [0.717, 1.165) is 6.42 Å². The van der Waals surface area contributed by atoms with Crippen LogP contribution < -0.4 is 9.47 Å².